The normalized spacial score (nSPS) is 13.5. The quantitative estimate of drug-likeness (QED) is 0.0422. The molecular weight excluding hydrogens is 759 g/mol. The highest BCUT2D eigenvalue weighted by molar-refractivity contribution is 5.76. The second kappa shape index (κ2) is 52.9. The van der Waals surface area contributed by atoms with Crippen molar-refractivity contribution in [1.29, 1.82) is 0 Å². The van der Waals surface area contributed by atoms with E-state index in [-0.39, 0.29) is 12.5 Å². The third-order valence-electron chi connectivity index (χ3n) is 11.8. The minimum absolute atomic E-state index is 0.0775. The molecule has 4 nitrogen and oxygen atoms in total. The van der Waals surface area contributed by atoms with Gasteiger partial charge < -0.3 is 15.5 Å². The molecule has 4 heteroatoms. The van der Waals surface area contributed by atoms with Gasteiger partial charge in [0.2, 0.25) is 5.91 Å². The maximum Gasteiger partial charge on any atom is 0.220 e. The molecule has 1 amide bonds. The Kier molecular flexibility index (Phi) is 50.8. The zero-order valence-corrected chi connectivity index (χ0v) is 41.1. The number of carbonyl (C=O) groups is 1. The Balaban J connectivity index is 3.51. The summed E-state index contributed by atoms with van der Waals surface area (Å²) >= 11 is 0. The van der Waals surface area contributed by atoms with Gasteiger partial charge in [-0.25, -0.2) is 0 Å². The number of amides is 1. The summed E-state index contributed by atoms with van der Waals surface area (Å²) < 4.78 is 0. The molecule has 0 aliphatic rings. The lowest BCUT2D eigenvalue weighted by atomic mass is 10.0. The number of nitrogens with one attached hydrogen (secondary N) is 1. The molecule has 0 aliphatic carbocycles. The fourth-order valence-electron chi connectivity index (χ4n) is 7.79. The molecule has 0 radical (unpaired) electrons. The lowest BCUT2D eigenvalue weighted by molar-refractivity contribution is -0.123. The molecular formula is C58H103NO3. The van der Waals surface area contributed by atoms with E-state index in [0.717, 1.165) is 64.2 Å². The van der Waals surface area contributed by atoms with Crippen LogP contribution in [0.4, 0.5) is 0 Å². The van der Waals surface area contributed by atoms with Crippen LogP contribution >= 0.6 is 0 Å². The molecule has 3 N–H and O–H groups in total. The standard InChI is InChI=1S/C58H103NO3/c1-3-5-7-9-11-13-15-17-19-21-22-23-24-25-26-27-28-29-30-31-32-33-34-35-36-38-40-42-44-46-48-50-52-54-58(62)59-56(55-60)57(61)53-51-49-47-45-43-41-39-37-20-18-16-14-12-10-8-6-4-2/h5,7,11,13,17,19-20,22-23,37,43,45,51,53,56-57,60-61H,3-4,6,8-10,12,14-16,18,21,24-36,38-42,44,46-50,52,54-55H2,1-2H3,(H,59,62)/b7-5-,13-11-,19-17-,23-22-,37-20+,45-43+,53-51+. The minimum Gasteiger partial charge on any atom is -0.394 e. The Hall–Kier alpha value is -2.43. The van der Waals surface area contributed by atoms with Crippen LogP contribution in [-0.4, -0.2) is 34.9 Å². The second-order valence-electron chi connectivity index (χ2n) is 17.9. The Morgan fingerprint density at radius 2 is 0.726 bits per heavy atom. The van der Waals surface area contributed by atoms with Crippen LogP contribution in [0.2, 0.25) is 0 Å². The monoisotopic (exact) mass is 862 g/mol. The van der Waals surface area contributed by atoms with Crippen molar-refractivity contribution < 1.29 is 15.0 Å². The van der Waals surface area contributed by atoms with Gasteiger partial charge in [0.15, 0.2) is 0 Å². The molecule has 0 heterocycles. The third-order valence-corrected chi connectivity index (χ3v) is 11.8. The first kappa shape index (κ1) is 59.6. The highest BCUT2D eigenvalue weighted by Gasteiger charge is 2.17. The number of hydrogen-bond acceptors (Lipinski definition) is 3. The van der Waals surface area contributed by atoms with Crippen LogP contribution in [0.1, 0.15) is 258 Å². The molecule has 2 unspecified atom stereocenters. The Bertz CT molecular complexity index is 1110. The summed E-state index contributed by atoms with van der Waals surface area (Å²) in [6, 6.07) is -0.648. The first-order chi connectivity index (χ1) is 30.7. The van der Waals surface area contributed by atoms with E-state index in [1.807, 2.05) is 6.08 Å². The molecule has 0 bridgehead atoms. The number of aliphatic hydroxyl groups is 2. The van der Waals surface area contributed by atoms with E-state index in [1.165, 1.54) is 173 Å². The minimum atomic E-state index is -0.872. The van der Waals surface area contributed by atoms with Crippen molar-refractivity contribution >= 4 is 5.91 Å². The fourth-order valence-corrected chi connectivity index (χ4v) is 7.79. The summed E-state index contributed by atoms with van der Waals surface area (Å²) in [5.41, 5.74) is 0. The van der Waals surface area contributed by atoms with Gasteiger partial charge in [0, 0.05) is 6.42 Å². The highest BCUT2D eigenvalue weighted by atomic mass is 16.3. The molecule has 0 rings (SSSR count). The lowest BCUT2D eigenvalue weighted by Gasteiger charge is -2.19. The van der Waals surface area contributed by atoms with Gasteiger partial charge in [0.05, 0.1) is 18.8 Å². The van der Waals surface area contributed by atoms with Gasteiger partial charge in [0.1, 0.15) is 0 Å². The number of rotatable bonds is 48. The number of aliphatic hydroxyl groups excluding tert-OH is 2. The van der Waals surface area contributed by atoms with Gasteiger partial charge in [-0.3, -0.25) is 4.79 Å². The van der Waals surface area contributed by atoms with E-state index in [1.54, 1.807) is 6.08 Å². The van der Waals surface area contributed by atoms with Crippen LogP contribution in [0.5, 0.6) is 0 Å². The summed E-state index contributed by atoms with van der Waals surface area (Å²) in [4.78, 5) is 12.4. The van der Waals surface area contributed by atoms with E-state index in [4.69, 9.17) is 0 Å². The average Bonchev–Trinajstić information content (AvgIpc) is 3.28. The predicted octanol–water partition coefficient (Wildman–Crippen LogP) is 17.6. The predicted molar refractivity (Wildman–Crippen MR) is 276 cm³/mol. The molecule has 62 heavy (non-hydrogen) atoms. The molecule has 0 aromatic carbocycles. The molecule has 358 valence electrons. The van der Waals surface area contributed by atoms with Crippen molar-refractivity contribution in [2.24, 2.45) is 0 Å². The van der Waals surface area contributed by atoms with Gasteiger partial charge in [0.25, 0.3) is 0 Å². The van der Waals surface area contributed by atoms with Crippen LogP contribution in [0.15, 0.2) is 85.1 Å². The zero-order chi connectivity index (χ0) is 44.9. The molecule has 0 spiro atoms. The van der Waals surface area contributed by atoms with E-state index in [2.05, 4.69) is 92.1 Å². The first-order valence-electron chi connectivity index (χ1n) is 26.8. The van der Waals surface area contributed by atoms with Crippen LogP contribution < -0.4 is 5.32 Å². The molecule has 2 atom stereocenters. The van der Waals surface area contributed by atoms with Crippen molar-refractivity contribution in [2.45, 2.75) is 270 Å². The summed E-state index contributed by atoms with van der Waals surface area (Å²) in [6.07, 6.45) is 77.4. The SMILES string of the molecule is CC/C=C\C/C=C\C/C=C\C/C=C\CCCCCCCCCCCCCCCCCCCCCCC(=O)NC(CO)C(O)/C=C/CC/C=C/CC/C=C/CCCCCCCCC. The third kappa shape index (κ3) is 48.6. The maximum absolute atomic E-state index is 12.4. The Morgan fingerprint density at radius 3 is 1.13 bits per heavy atom. The summed E-state index contributed by atoms with van der Waals surface area (Å²) in [7, 11) is 0. The van der Waals surface area contributed by atoms with Crippen molar-refractivity contribution in [2.75, 3.05) is 6.61 Å². The van der Waals surface area contributed by atoms with E-state index < -0.39 is 12.1 Å². The van der Waals surface area contributed by atoms with E-state index in [9.17, 15) is 15.0 Å². The average molecular weight is 862 g/mol. The van der Waals surface area contributed by atoms with Crippen molar-refractivity contribution in [3.63, 3.8) is 0 Å². The fraction of sp³-hybridized carbons (Fsp3) is 0.741. The van der Waals surface area contributed by atoms with Crippen molar-refractivity contribution in [1.82, 2.24) is 5.32 Å². The van der Waals surface area contributed by atoms with Gasteiger partial charge in [-0.15, -0.1) is 0 Å². The number of allylic oxidation sites excluding steroid dienone is 13. The Morgan fingerprint density at radius 1 is 0.403 bits per heavy atom. The first-order valence-corrected chi connectivity index (χ1v) is 26.8. The van der Waals surface area contributed by atoms with Gasteiger partial charge >= 0.3 is 0 Å². The largest absolute Gasteiger partial charge is 0.394 e. The van der Waals surface area contributed by atoms with Crippen molar-refractivity contribution in [3.8, 4) is 0 Å². The van der Waals surface area contributed by atoms with Gasteiger partial charge in [-0.1, -0.05) is 253 Å². The smallest absolute Gasteiger partial charge is 0.220 e. The van der Waals surface area contributed by atoms with Crippen LogP contribution in [-0.2, 0) is 4.79 Å². The zero-order valence-electron chi connectivity index (χ0n) is 41.1. The molecule has 0 fully saturated rings. The summed E-state index contributed by atoms with van der Waals surface area (Å²) in [5, 5.41) is 23.1. The van der Waals surface area contributed by atoms with Crippen LogP contribution in [0.25, 0.3) is 0 Å². The number of carbonyl (C=O) groups excluding carboxylic acids is 1. The van der Waals surface area contributed by atoms with Gasteiger partial charge in [-0.05, 0) is 83.5 Å². The molecule has 0 saturated heterocycles. The number of unbranched alkanes of at least 4 members (excludes halogenated alkanes) is 29. The summed E-state index contributed by atoms with van der Waals surface area (Å²) in [5.74, 6) is -0.0775. The van der Waals surface area contributed by atoms with E-state index >= 15 is 0 Å². The second-order valence-corrected chi connectivity index (χ2v) is 17.9. The number of hydrogen-bond donors (Lipinski definition) is 3. The van der Waals surface area contributed by atoms with Crippen LogP contribution in [0, 0.1) is 0 Å². The Labute approximate surface area is 386 Å². The molecule has 0 aromatic rings. The topological polar surface area (TPSA) is 69.6 Å². The van der Waals surface area contributed by atoms with E-state index in [0.29, 0.717) is 6.42 Å². The maximum atomic E-state index is 12.4. The van der Waals surface area contributed by atoms with Gasteiger partial charge in [-0.2, -0.15) is 0 Å². The highest BCUT2D eigenvalue weighted by Crippen LogP contribution is 2.16. The van der Waals surface area contributed by atoms with Crippen molar-refractivity contribution in [3.05, 3.63) is 85.1 Å². The lowest BCUT2D eigenvalue weighted by Crippen LogP contribution is -2.45. The summed E-state index contributed by atoms with van der Waals surface area (Å²) in [6.45, 7) is 4.18. The van der Waals surface area contributed by atoms with Crippen LogP contribution in [0.3, 0.4) is 0 Å². The molecule has 0 saturated carbocycles. The molecule has 0 aliphatic heterocycles. The molecule has 0 aromatic heterocycles.